The van der Waals surface area contributed by atoms with Gasteiger partial charge in [0, 0.05) is 6.54 Å². The molecule has 2 heterocycles. The number of aromatic nitrogens is 3. The molecule has 0 atom stereocenters. The highest BCUT2D eigenvalue weighted by molar-refractivity contribution is 7.14. The van der Waals surface area contributed by atoms with Crippen LogP contribution in [0, 0.1) is 6.92 Å². The van der Waals surface area contributed by atoms with Gasteiger partial charge in [0.25, 0.3) is 0 Å². The van der Waals surface area contributed by atoms with Crippen LogP contribution < -0.4 is 5.32 Å². The lowest BCUT2D eigenvalue weighted by Crippen LogP contribution is -2.04. The monoisotopic (exact) mass is 210 g/mol. The van der Waals surface area contributed by atoms with Crippen LogP contribution >= 0.6 is 11.3 Å². The van der Waals surface area contributed by atoms with E-state index in [1.165, 1.54) is 0 Å². The van der Waals surface area contributed by atoms with Gasteiger partial charge in [-0.15, -0.1) is 10.2 Å². The summed E-state index contributed by atoms with van der Waals surface area (Å²) in [5, 5.41) is 16.7. The Morgan fingerprint density at radius 2 is 2.36 bits per heavy atom. The second-order valence-electron chi connectivity index (χ2n) is 2.83. The molecule has 0 radical (unpaired) electrons. The molecule has 0 amide bonds. The van der Waals surface area contributed by atoms with Crippen LogP contribution in [0.3, 0.4) is 0 Å². The average molecular weight is 210 g/mol. The van der Waals surface area contributed by atoms with Crippen LogP contribution in [0.5, 0.6) is 0 Å². The van der Waals surface area contributed by atoms with E-state index in [1.54, 1.807) is 17.5 Å². The van der Waals surface area contributed by atoms with E-state index in [-0.39, 0.29) is 0 Å². The Balaban J connectivity index is 2.29. The summed E-state index contributed by atoms with van der Waals surface area (Å²) in [6, 6.07) is 0. The first kappa shape index (κ1) is 9.29. The van der Waals surface area contributed by atoms with E-state index in [1.807, 2.05) is 14.0 Å². The van der Waals surface area contributed by atoms with Crippen LogP contribution in [0.4, 0.5) is 0 Å². The first-order chi connectivity index (χ1) is 6.81. The molecule has 0 aliphatic rings. The maximum Gasteiger partial charge on any atom is 0.153 e. The fourth-order valence-electron chi connectivity index (χ4n) is 1.09. The summed E-state index contributed by atoms with van der Waals surface area (Å²) in [6.07, 6.45) is 1.67. The highest BCUT2D eigenvalue weighted by atomic mass is 32.1. The van der Waals surface area contributed by atoms with E-state index in [4.69, 9.17) is 4.52 Å². The number of rotatable bonds is 3. The van der Waals surface area contributed by atoms with Crippen LogP contribution in [0.25, 0.3) is 10.6 Å². The van der Waals surface area contributed by atoms with Gasteiger partial charge in [-0.1, -0.05) is 16.5 Å². The Hall–Kier alpha value is -1.27. The zero-order valence-corrected chi connectivity index (χ0v) is 8.76. The van der Waals surface area contributed by atoms with E-state index < -0.39 is 0 Å². The molecular formula is C8H10N4OS. The molecule has 1 N–H and O–H groups in total. The summed E-state index contributed by atoms with van der Waals surface area (Å²) >= 11 is 1.54. The number of nitrogens with zero attached hydrogens (tertiary/aromatic N) is 3. The van der Waals surface area contributed by atoms with Gasteiger partial charge in [-0.05, 0) is 14.0 Å². The summed E-state index contributed by atoms with van der Waals surface area (Å²) in [6.45, 7) is 2.60. The van der Waals surface area contributed by atoms with Crippen molar-refractivity contribution in [2.75, 3.05) is 7.05 Å². The molecule has 0 aliphatic carbocycles. The van der Waals surface area contributed by atoms with E-state index >= 15 is 0 Å². The first-order valence-corrected chi connectivity index (χ1v) is 5.01. The lowest BCUT2D eigenvalue weighted by molar-refractivity contribution is 0.398. The molecule has 2 aromatic heterocycles. The van der Waals surface area contributed by atoms with Crippen LogP contribution in [-0.2, 0) is 6.54 Å². The van der Waals surface area contributed by atoms with Crippen molar-refractivity contribution in [3.63, 3.8) is 0 Å². The molecule has 2 aromatic rings. The smallest absolute Gasteiger partial charge is 0.153 e. The highest BCUT2D eigenvalue weighted by Gasteiger charge is 2.11. The van der Waals surface area contributed by atoms with Crippen molar-refractivity contribution in [1.82, 2.24) is 20.7 Å². The van der Waals surface area contributed by atoms with E-state index in [2.05, 4.69) is 20.7 Å². The number of hydrogen-bond acceptors (Lipinski definition) is 6. The zero-order chi connectivity index (χ0) is 9.97. The molecule has 14 heavy (non-hydrogen) atoms. The third-order valence-corrected chi connectivity index (χ3v) is 2.73. The molecule has 0 bridgehead atoms. The maximum atomic E-state index is 4.96. The summed E-state index contributed by atoms with van der Waals surface area (Å²) in [4.78, 5) is 0. The van der Waals surface area contributed by atoms with Crippen molar-refractivity contribution < 1.29 is 4.52 Å². The fraction of sp³-hybridized carbons (Fsp3) is 0.375. The standard InChI is InChI=1S/C8H10N4OS/c1-5-6(3-10-13-5)8-12-11-7(14-8)4-9-2/h3,9H,4H2,1-2H3. The summed E-state index contributed by atoms with van der Waals surface area (Å²) in [5.74, 6) is 0.775. The van der Waals surface area contributed by atoms with Crippen molar-refractivity contribution >= 4 is 11.3 Å². The molecule has 0 aliphatic heterocycles. The fourth-order valence-corrected chi connectivity index (χ4v) is 2.00. The van der Waals surface area contributed by atoms with Gasteiger partial charge in [0.2, 0.25) is 0 Å². The zero-order valence-electron chi connectivity index (χ0n) is 7.94. The molecule has 0 saturated heterocycles. The van der Waals surface area contributed by atoms with E-state index in [0.717, 1.165) is 27.9 Å². The van der Waals surface area contributed by atoms with Gasteiger partial charge in [0.05, 0.1) is 11.8 Å². The molecule has 0 fully saturated rings. The molecule has 2 rings (SSSR count). The predicted octanol–water partition coefficient (Wildman–Crippen LogP) is 1.22. The van der Waals surface area contributed by atoms with Crippen molar-refractivity contribution in [3.05, 3.63) is 17.0 Å². The van der Waals surface area contributed by atoms with Crippen molar-refractivity contribution in [2.45, 2.75) is 13.5 Å². The maximum absolute atomic E-state index is 4.96. The third-order valence-electron chi connectivity index (χ3n) is 1.78. The van der Waals surface area contributed by atoms with Gasteiger partial charge < -0.3 is 9.84 Å². The summed E-state index contributed by atoms with van der Waals surface area (Å²) in [7, 11) is 1.88. The average Bonchev–Trinajstić information content (AvgIpc) is 2.74. The summed E-state index contributed by atoms with van der Waals surface area (Å²) < 4.78 is 4.96. The quantitative estimate of drug-likeness (QED) is 0.825. The van der Waals surface area contributed by atoms with Gasteiger partial charge in [-0.3, -0.25) is 0 Å². The Bertz CT molecular complexity index is 422. The lowest BCUT2D eigenvalue weighted by atomic mass is 10.3. The molecule has 0 saturated carbocycles. The van der Waals surface area contributed by atoms with Gasteiger partial charge >= 0.3 is 0 Å². The Morgan fingerprint density at radius 3 is 3.00 bits per heavy atom. The molecule has 6 heteroatoms. The topological polar surface area (TPSA) is 63.8 Å². The third kappa shape index (κ3) is 1.66. The minimum Gasteiger partial charge on any atom is -0.361 e. The minimum absolute atomic E-state index is 0.738. The number of aryl methyl sites for hydroxylation is 1. The lowest BCUT2D eigenvalue weighted by Gasteiger charge is -1.88. The molecule has 0 spiro atoms. The van der Waals surface area contributed by atoms with Gasteiger partial charge in [0.15, 0.2) is 5.01 Å². The van der Waals surface area contributed by atoms with Crippen LogP contribution in [0.15, 0.2) is 10.7 Å². The number of nitrogens with one attached hydrogen (secondary N) is 1. The van der Waals surface area contributed by atoms with E-state index in [0.29, 0.717) is 0 Å². The second kappa shape index (κ2) is 3.85. The molecule has 74 valence electrons. The van der Waals surface area contributed by atoms with Crippen LogP contribution in [0.2, 0.25) is 0 Å². The first-order valence-electron chi connectivity index (χ1n) is 4.20. The van der Waals surface area contributed by atoms with Gasteiger partial charge in [0.1, 0.15) is 10.8 Å². The Morgan fingerprint density at radius 1 is 1.50 bits per heavy atom. The number of hydrogen-bond donors (Lipinski definition) is 1. The molecular weight excluding hydrogens is 200 g/mol. The van der Waals surface area contributed by atoms with Gasteiger partial charge in [-0.2, -0.15) is 0 Å². The van der Waals surface area contributed by atoms with Crippen LogP contribution in [-0.4, -0.2) is 22.4 Å². The normalized spacial score (nSPS) is 10.7. The Labute approximate surface area is 85.1 Å². The summed E-state index contributed by atoms with van der Waals surface area (Å²) in [5.41, 5.74) is 0.921. The molecule has 0 aromatic carbocycles. The minimum atomic E-state index is 0.738. The van der Waals surface area contributed by atoms with Crippen molar-refractivity contribution in [2.24, 2.45) is 0 Å². The molecule has 5 nitrogen and oxygen atoms in total. The largest absolute Gasteiger partial charge is 0.361 e. The van der Waals surface area contributed by atoms with Crippen molar-refractivity contribution in [3.8, 4) is 10.6 Å². The second-order valence-corrected chi connectivity index (χ2v) is 3.89. The molecule has 0 unspecified atom stereocenters. The Kier molecular flexibility index (Phi) is 2.55. The van der Waals surface area contributed by atoms with Gasteiger partial charge in [-0.25, -0.2) is 0 Å². The van der Waals surface area contributed by atoms with E-state index in [9.17, 15) is 0 Å². The SMILES string of the molecule is CNCc1nnc(-c2cnoc2C)s1. The highest BCUT2D eigenvalue weighted by Crippen LogP contribution is 2.25. The van der Waals surface area contributed by atoms with Crippen LogP contribution in [0.1, 0.15) is 10.8 Å². The predicted molar refractivity (Wildman–Crippen MR) is 52.9 cm³/mol. The van der Waals surface area contributed by atoms with Crippen molar-refractivity contribution in [1.29, 1.82) is 0 Å².